The lowest BCUT2D eigenvalue weighted by Gasteiger charge is -2.05. The van der Waals surface area contributed by atoms with Gasteiger partial charge < -0.3 is 5.32 Å². The normalized spacial score (nSPS) is 10.6. The summed E-state index contributed by atoms with van der Waals surface area (Å²) in [6, 6.07) is 13.7. The molecule has 27 heavy (non-hydrogen) atoms. The molecule has 138 valence electrons. The van der Waals surface area contributed by atoms with E-state index in [0.29, 0.717) is 28.3 Å². The molecule has 0 saturated heterocycles. The van der Waals surface area contributed by atoms with Crippen LogP contribution in [0.3, 0.4) is 0 Å². The van der Waals surface area contributed by atoms with Gasteiger partial charge in [-0.2, -0.15) is 0 Å². The van der Waals surface area contributed by atoms with Crippen molar-refractivity contribution in [3.8, 4) is 0 Å². The number of nitrogens with zero attached hydrogens (tertiary/aromatic N) is 1. The number of amides is 1. The number of thiazole rings is 1. The van der Waals surface area contributed by atoms with Gasteiger partial charge in [0.25, 0.3) is 0 Å². The van der Waals surface area contributed by atoms with Crippen molar-refractivity contribution in [2.24, 2.45) is 0 Å². The Balaban J connectivity index is 1.52. The number of thioether (sulfide) groups is 1. The number of anilines is 1. The summed E-state index contributed by atoms with van der Waals surface area (Å²) in [6.07, 6.45) is 0.0964. The molecule has 0 aliphatic carbocycles. The van der Waals surface area contributed by atoms with E-state index in [0.717, 1.165) is 4.34 Å². The van der Waals surface area contributed by atoms with Crippen LogP contribution in [-0.2, 0) is 11.2 Å². The lowest BCUT2D eigenvalue weighted by molar-refractivity contribution is -0.115. The van der Waals surface area contributed by atoms with E-state index >= 15 is 0 Å². The van der Waals surface area contributed by atoms with Crippen LogP contribution in [0.4, 0.5) is 10.1 Å². The molecule has 0 spiro atoms. The molecular formula is C20H17FN2O2S2. The third-order valence-electron chi connectivity index (χ3n) is 3.75. The summed E-state index contributed by atoms with van der Waals surface area (Å²) in [5.41, 5.74) is 2.24. The fourth-order valence-electron chi connectivity index (χ4n) is 2.31. The SMILES string of the molecule is Cc1ccc(NC(=O)Cc2csc(SCC(=O)c3ccccc3)n2)cc1F. The average Bonchev–Trinajstić information content (AvgIpc) is 3.10. The van der Waals surface area contributed by atoms with E-state index in [1.165, 1.54) is 29.2 Å². The third kappa shape index (κ3) is 5.48. The van der Waals surface area contributed by atoms with Crippen molar-refractivity contribution in [2.45, 2.75) is 17.7 Å². The van der Waals surface area contributed by atoms with Gasteiger partial charge in [-0.1, -0.05) is 48.2 Å². The fraction of sp³-hybridized carbons (Fsp3) is 0.150. The quantitative estimate of drug-likeness (QED) is 0.459. The minimum absolute atomic E-state index is 0.0384. The number of carbonyl (C=O) groups excluding carboxylic acids is 2. The van der Waals surface area contributed by atoms with E-state index in [4.69, 9.17) is 0 Å². The number of ketones is 1. The molecule has 1 aromatic heterocycles. The maximum atomic E-state index is 13.5. The molecule has 0 aliphatic rings. The molecular weight excluding hydrogens is 383 g/mol. The second-order valence-corrected chi connectivity index (χ2v) is 7.95. The van der Waals surface area contributed by atoms with Gasteiger partial charge in [0, 0.05) is 16.6 Å². The Kier molecular flexibility index (Phi) is 6.36. The molecule has 0 saturated carbocycles. The summed E-state index contributed by atoms with van der Waals surface area (Å²) in [4.78, 5) is 28.6. The zero-order valence-electron chi connectivity index (χ0n) is 14.6. The van der Waals surface area contributed by atoms with Gasteiger partial charge in [0.15, 0.2) is 10.1 Å². The number of halogens is 1. The largest absolute Gasteiger partial charge is 0.326 e. The first-order valence-corrected chi connectivity index (χ1v) is 10.1. The first-order valence-electron chi connectivity index (χ1n) is 8.23. The van der Waals surface area contributed by atoms with Crippen LogP contribution < -0.4 is 5.32 Å². The van der Waals surface area contributed by atoms with Gasteiger partial charge in [-0.25, -0.2) is 9.37 Å². The van der Waals surface area contributed by atoms with Crippen molar-refractivity contribution in [1.82, 2.24) is 4.98 Å². The predicted octanol–water partition coefficient (Wildman–Crippen LogP) is 4.75. The van der Waals surface area contributed by atoms with Crippen LogP contribution in [0.5, 0.6) is 0 Å². The van der Waals surface area contributed by atoms with Gasteiger partial charge in [-0.3, -0.25) is 9.59 Å². The van der Waals surface area contributed by atoms with E-state index in [9.17, 15) is 14.0 Å². The molecule has 0 radical (unpaired) electrons. The first-order chi connectivity index (χ1) is 13.0. The topological polar surface area (TPSA) is 59.1 Å². The Morgan fingerprint density at radius 1 is 1.19 bits per heavy atom. The molecule has 1 heterocycles. The smallest absolute Gasteiger partial charge is 0.230 e. The number of benzene rings is 2. The Hall–Kier alpha value is -2.51. The maximum absolute atomic E-state index is 13.5. The van der Waals surface area contributed by atoms with Gasteiger partial charge in [-0.05, 0) is 24.6 Å². The molecule has 0 aliphatic heterocycles. The second-order valence-electron chi connectivity index (χ2n) is 5.87. The number of aromatic nitrogens is 1. The number of rotatable bonds is 7. The number of carbonyl (C=O) groups is 2. The summed E-state index contributed by atoms with van der Waals surface area (Å²) < 4.78 is 14.3. The Labute approximate surface area is 164 Å². The highest BCUT2D eigenvalue weighted by atomic mass is 32.2. The molecule has 3 aromatic rings. The van der Waals surface area contributed by atoms with Gasteiger partial charge >= 0.3 is 0 Å². The van der Waals surface area contributed by atoms with Crippen molar-refractivity contribution in [3.63, 3.8) is 0 Å². The molecule has 0 atom stereocenters. The van der Waals surface area contributed by atoms with Crippen LogP contribution in [0.25, 0.3) is 0 Å². The maximum Gasteiger partial charge on any atom is 0.230 e. The highest BCUT2D eigenvalue weighted by Crippen LogP contribution is 2.24. The number of hydrogen-bond donors (Lipinski definition) is 1. The van der Waals surface area contributed by atoms with Crippen LogP contribution in [0.2, 0.25) is 0 Å². The van der Waals surface area contributed by atoms with Crippen LogP contribution in [0.15, 0.2) is 58.3 Å². The van der Waals surface area contributed by atoms with Gasteiger partial charge in [0.2, 0.25) is 5.91 Å². The van der Waals surface area contributed by atoms with E-state index in [1.807, 2.05) is 18.2 Å². The molecule has 0 unspecified atom stereocenters. The van der Waals surface area contributed by atoms with E-state index in [1.54, 1.807) is 36.6 Å². The molecule has 3 rings (SSSR count). The molecule has 1 amide bonds. The minimum atomic E-state index is -0.358. The zero-order valence-corrected chi connectivity index (χ0v) is 16.2. The summed E-state index contributed by atoms with van der Waals surface area (Å²) in [5.74, 6) is -0.286. The molecule has 0 fully saturated rings. The van der Waals surface area contributed by atoms with Crippen molar-refractivity contribution in [1.29, 1.82) is 0 Å². The summed E-state index contributed by atoms with van der Waals surface area (Å²) in [6.45, 7) is 1.66. The first kappa shape index (κ1) is 19.3. The molecule has 2 aromatic carbocycles. The summed E-state index contributed by atoms with van der Waals surface area (Å²) in [7, 11) is 0. The van der Waals surface area contributed by atoms with Crippen LogP contribution in [0.1, 0.15) is 21.6 Å². The van der Waals surface area contributed by atoms with Crippen molar-refractivity contribution in [2.75, 3.05) is 11.1 Å². The molecule has 4 nitrogen and oxygen atoms in total. The van der Waals surface area contributed by atoms with E-state index < -0.39 is 0 Å². The Morgan fingerprint density at radius 3 is 2.70 bits per heavy atom. The van der Waals surface area contributed by atoms with Gasteiger partial charge in [0.05, 0.1) is 17.9 Å². The number of aryl methyl sites for hydroxylation is 1. The van der Waals surface area contributed by atoms with Gasteiger partial charge in [-0.15, -0.1) is 11.3 Å². The average molecular weight is 401 g/mol. The Morgan fingerprint density at radius 2 is 1.96 bits per heavy atom. The lowest BCUT2D eigenvalue weighted by atomic mass is 10.2. The molecule has 7 heteroatoms. The highest BCUT2D eigenvalue weighted by Gasteiger charge is 2.11. The van der Waals surface area contributed by atoms with E-state index in [-0.39, 0.29) is 23.9 Å². The molecule has 1 N–H and O–H groups in total. The monoisotopic (exact) mass is 400 g/mol. The fourth-order valence-corrected chi connectivity index (χ4v) is 4.05. The van der Waals surface area contributed by atoms with Crippen LogP contribution in [-0.4, -0.2) is 22.4 Å². The highest BCUT2D eigenvalue weighted by molar-refractivity contribution is 8.01. The standard InChI is InChI=1S/C20H17FN2O2S2/c1-13-7-8-15(9-17(13)21)22-19(25)10-16-11-26-20(23-16)27-12-18(24)14-5-3-2-4-6-14/h2-9,11H,10,12H2,1H3,(H,22,25). The predicted molar refractivity (Wildman–Crippen MR) is 107 cm³/mol. The number of hydrogen-bond acceptors (Lipinski definition) is 5. The van der Waals surface area contributed by atoms with Gasteiger partial charge in [0.1, 0.15) is 5.82 Å². The molecule has 0 bridgehead atoms. The lowest BCUT2D eigenvalue weighted by Crippen LogP contribution is -2.14. The van der Waals surface area contributed by atoms with Crippen molar-refractivity contribution in [3.05, 3.63) is 76.5 Å². The summed E-state index contributed by atoms with van der Waals surface area (Å²) in [5, 5.41) is 4.46. The third-order valence-corrected chi connectivity index (χ3v) is 5.82. The number of Topliss-reactive ketones (excluding diaryl/α,β-unsaturated/α-hetero) is 1. The van der Waals surface area contributed by atoms with Crippen molar-refractivity contribution < 1.29 is 14.0 Å². The number of nitrogens with one attached hydrogen (secondary N) is 1. The zero-order chi connectivity index (χ0) is 19.2. The second kappa shape index (κ2) is 8.92. The van der Waals surface area contributed by atoms with Crippen molar-refractivity contribution >= 4 is 40.5 Å². The van der Waals surface area contributed by atoms with E-state index in [2.05, 4.69) is 10.3 Å². The van der Waals surface area contributed by atoms with Crippen LogP contribution >= 0.6 is 23.1 Å². The summed E-state index contributed by atoms with van der Waals surface area (Å²) >= 11 is 2.75. The minimum Gasteiger partial charge on any atom is -0.326 e. The van der Waals surface area contributed by atoms with Crippen LogP contribution in [0, 0.1) is 12.7 Å². The Bertz CT molecular complexity index is 958.